The average Bonchev–Trinajstić information content (AvgIpc) is 2.60. The third kappa shape index (κ3) is 5.28. The van der Waals surface area contributed by atoms with Crippen molar-refractivity contribution in [2.24, 2.45) is 0 Å². The topological polar surface area (TPSA) is 59.6 Å². The van der Waals surface area contributed by atoms with E-state index >= 15 is 0 Å². The zero-order valence-corrected chi connectivity index (χ0v) is 14.4. The lowest BCUT2D eigenvalue weighted by molar-refractivity contribution is -0.116. The fourth-order valence-corrected chi connectivity index (χ4v) is 2.27. The Morgan fingerprint density at radius 2 is 1.79 bits per heavy atom. The first-order valence-corrected chi connectivity index (χ1v) is 7.90. The highest BCUT2D eigenvalue weighted by atomic mass is 16.5. The molecule has 1 amide bonds. The van der Waals surface area contributed by atoms with Gasteiger partial charge < -0.3 is 20.1 Å². The van der Waals surface area contributed by atoms with Crippen LogP contribution < -0.4 is 20.1 Å². The lowest BCUT2D eigenvalue weighted by Gasteiger charge is -2.12. The smallest absolute Gasteiger partial charge is 0.225 e. The molecule has 0 heterocycles. The first-order chi connectivity index (χ1) is 11.6. The Morgan fingerprint density at radius 3 is 2.46 bits per heavy atom. The molecule has 2 rings (SSSR count). The summed E-state index contributed by atoms with van der Waals surface area (Å²) in [5.74, 6) is 1.21. The quantitative estimate of drug-likeness (QED) is 0.731. The molecular weight excluding hydrogens is 304 g/mol. The molecule has 24 heavy (non-hydrogen) atoms. The van der Waals surface area contributed by atoms with Gasteiger partial charge in [-0.1, -0.05) is 29.8 Å². The van der Waals surface area contributed by atoms with Crippen molar-refractivity contribution in [3.8, 4) is 11.5 Å². The first kappa shape index (κ1) is 17.8. The third-order valence-electron chi connectivity index (χ3n) is 3.66. The molecule has 2 N–H and O–H groups in total. The molecule has 0 radical (unpaired) electrons. The van der Waals surface area contributed by atoms with Crippen LogP contribution in [0, 0.1) is 6.92 Å². The van der Waals surface area contributed by atoms with Crippen LogP contribution in [0.5, 0.6) is 11.5 Å². The second kappa shape index (κ2) is 8.93. The highest BCUT2D eigenvalue weighted by molar-refractivity contribution is 5.92. The SMILES string of the molecule is COc1ccc(OC)c(NC(=O)CCNCc2ccc(C)cc2)c1. The van der Waals surface area contributed by atoms with Gasteiger partial charge in [0.15, 0.2) is 0 Å². The molecule has 0 aliphatic rings. The monoisotopic (exact) mass is 328 g/mol. The Balaban J connectivity index is 1.80. The van der Waals surface area contributed by atoms with Crippen molar-refractivity contribution in [3.63, 3.8) is 0 Å². The number of carbonyl (C=O) groups excluding carboxylic acids is 1. The number of aryl methyl sites for hydroxylation is 1. The number of hydrogen-bond acceptors (Lipinski definition) is 4. The van der Waals surface area contributed by atoms with Crippen molar-refractivity contribution < 1.29 is 14.3 Å². The molecule has 2 aromatic rings. The van der Waals surface area contributed by atoms with E-state index in [9.17, 15) is 4.79 Å². The number of anilines is 1. The van der Waals surface area contributed by atoms with E-state index in [1.54, 1.807) is 32.4 Å². The number of methoxy groups -OCH3 is 2. The van der Waals surface area contributed by atoms with Crippen molar-refractivity contribution in [2.45, 2.75) is 19.9 Å². The van der Waals surface area contributed by atoms with Crippen LogP contribution in [0.25, 0.3) is 0 Å². The summed E-state index contributed by atoms with van der Waals surface area (Å²) in [5, 5.41) is 6.13. The van der Waals surface area contributed by atoms with Crippen LogP contribution in [0.3, 0.4) is 0 Å². The molecule has 0 aliphatic heterocycles. The van der Waals surface area contributed by atoms with Crippen LogP contribution in [0.15, 0.2) is 42.5 Å². The molecule has 5 nitrogen and oxygen atoms in total. The lowest BCUT2D eigenvalue weighted by atomic mass is 10.1. The van der Waals surface area contributed by atoms with Gasteiger partial charge in [-0.3, -0.25) is 4.79 Å². The minimum absolute atomic E-state index is 0.0713. The van der Waals surface area contributed by atoms with Crippen molar-refractivity contribution in [3.05, 3.63) is 53.6 Å². The molecule has 0 aliphatic carbocycles. The van der Waals surface area contributed by atoms with Gasteiger partial charge in [0.05, 0.1) is 19.9 Å². The molecule has 0 saturated carbocycles. The Bertz CT molecular complexity index is 669. The normalized spacial score (nSPS) is 10.3. The number of benzene rings is 2. The summed E-state index contributed by atoms with van der Waals surface area (Å²) in [6, 6.07) is 13.6. The summed E-state index contributed by atoms with van der Waals surface area (Å²) in [6.45, 7) is 3.41. The lowest BCUT2D eigenvalue weighted by Crippen LogP contribution is -2.21. The van der Waals surface area contributed by atoms with E-state index in [1.807, 2.05) is 0 Å². The maximum atomic E-state index is 12.1. The van der Waals surface area contributed by atoms with Crippen LogP contribution >= 0.6 is 0 Å². The van der Waals surface area contributed by atoms with Gasteiger partial charge in [0.1, 0.15) is 11.5 Å². The molecular formula is C19H24N2O3. The molecule has 0 fully saturated rings. The number of amides is 1. The maximum Gasteiger partial charge on any atom is 0.225 e. The van der Waals surface area contributed by atoms with E-state index in [0.29, 0.717) is 30.2 Å². The Kier molecular flexibility index (Phi) is 6.63. The minimum Gasteiger partial charge on any atom is -0.497 e. The molecule has 0 aromatic heterocycles. The summed E-state index contributed by atoms with van der Waals surface area (Å²) >= 11 is 0. The molecule has 5 heteroatoms. The molecule has 0 unspecified atom stereocenters. The first-order valence-electron chi connectivity index (χ1n) is 7.90. The number of rotatable bonds is 8. The largest absolute Gasteiger partial charge is 0.497 e. The predicted octanol–water partition coefficient (Wildman–Crippen LogP) is 3.13. The van der Waals surface area contributed by atoms with Crippen molar-refractivity contribution >= 4 is 11.6 Å². The van der Waals surface area contributed by atoms with Crippen LogP contribution in [-0.2, 0) is 11.3 Å². The number of carbonyl (C=O) groups is 1. The van der Waals surface area contributed by atoms with Crippen molar-refractivity contribution in [1.82, 2.24) is 5.32 Å². The molecule has 128 valence electrons. The fraction of sp³-hybridized carbons (Fsp3) is 0.316. The Labute approximate surface area is 143 Å². The van der Waals surface area contributed by atoms with Gasteiger partial charge in [0, 0.05) is 25.6 Å². The van der Waals surface area contributed by atoms with E-state index in [0.717, 1.165) is 6.54 Å². The minimum atomic E-state index is -0.0713. The Morgan fingerprint density at radius 1 is 1.04 bits per heavy atom. The summed E-state index contributed by atoms with van der Waals surface area (Å²) < 4.78 is 10.4. The van der Waals surface area contributed by atoms with Gasteiger partial charge in [0.2, 0.25) is 5.91 Å². The Hall–Kier alpha value is -2.53. The van der Waals surface area contributed by atoms with Crippen molar-refractivity contribution in [1.29, 1.82) is 0 Å². The second-order valence-electron chi connectivity index (χ2n) is 5.53. The van der Waals surface area contributed by atoms with E-state index in [1.165, 1.54) is 11.1 Å². The standard InChI is InChI=1S/C19H24N2O3/c1-14-4-6-15(7-5-14)13-20-11-10-19(22)21-17-12-16(23-2)8-9-18(17)24-3/h4-9,12,20H,10-11,13H2,1-3H3,(H,21,22). The summed E-state index contributed by atoms with van der Waals surface area (Å²) in [6.07, 6.45) is 0.381. The van der Waals surface area contributed by atoms with Gasteiger partial charge in [-0.05, 0) is 24.6 Å². The molecule has 0 atom stereocenters. The summed E-state index contributed by atoms with van der Waals surface area (Å²) in [7, 11) is 3.16. The molecule has 0 bridgehead atoms. The fourth-order valence-electron chi connectivity index (χ4n) is 2.27. The van der Waals surface area contributed by atoms with Gasteiger partial charge in [-0.2, -0.15) is 0 Å². The van der Waals surface area contributed by atoms with E-state index in [4.69, 9.17) is 9.47 Å². The second-order valence-corrected chi connectivity index (χ2v) is 5.53. The highest BCUT2D eigenvalue weighted by Gasteiger charge is 2.09. The molecule has 0 spiro atoms. The molecule has 2 aromatic carbocycles. The van der Waals surface area contributed by atoms with Gasteiger partial charge in [-0.15, -0.1) is 0 Å². The van der Waals surface area contributed by atoms with Gasteiger partial charge >= 0.3 is 0 Å². The average molecular weight is 328 g/mol. The summed E-state index contributed by atoms with van der Waals surface area (Å²) in [4.78, 5) is 12.1. The highest BCUT2D eigenvalue weighted by Crippen LogP contribution is 2.28. The van der Waals surface area contributed by atoms with Crippen LogP contribution in [0.2, 0.25) is 0 Å². The van der Waals surface area contributed by atoms with Gasteiger partial charge in [-0.25, -0.2) is 0 Å². The van der Waals surface area contributed by atoms with E-state index < -0.39 is 0 Å². The zero-order chi connectivity index (χ0) is 17.4. The van der Waals surface area contributed by atoms with Gasteiger partial charge in [0.25, 0.3) is 0 Å². The van der Waals surface area contributed by atoms with Crippen LogP contribution in [0.4, 0.5) is 5.69 Å². The van der Waals surface area contributed by atoms with E-state index in [2.05, 4.69) is 41.8 Å². The van der Waals surface area contributed by atoms with Crippen LogP contribution in [0.1, 0.15) is 17.5 Å². The number of ether oxygens (including phenoxy) is 2. The van der Waals surface area contributed by atoms with E-state index in [-0.39, 0.29) is 5.91 Å². The van der Waals surface area contributed by atoms with Crippen molar-refractivity contribution in [2.75, 3.05) is 26.1 Å². The summed E-state index contributed by atoms with van der Waals surface area (Å²) in [5.41, 5.74) is 3.06. The third-order valence-corrected chi connectivity index (χ3v) is 3.66. The van der Waals surface area contributed by atoms with Crippen LogP contribution in [-0.4, -0.2) is 26.7 Å². The molecule has 0 saturated heterocycles. The number of hydrogen-bond donors (Lipinski definition) is 2. The predicted molar refractivity (Wildman–Crippen MR) is 95.7 cm³/mol. The number of nitrogens with one attached hydrogen (secondary N) is 2. The maximum absolute atomic E-state index is 12.1. The zero-order valence-electron chi connectivity index (χ0n) is 14.4.